The van der Waals surface area contributed by atoms with Crippen LogP contribution in [0, 0.1) is 12.7 Å². The minimum absolute atomic E-state index is 0.00678. The van der Waals surface area contributed by atoms with E-state index in [-0.39, 0.29) is 24.3 Å². The Kier molecular flexibility index (Phi) is 3.82. The van der Waals surface area contributed by atoms with E-state index >= 15 is 0 Å². The SMILES string of the molecule is Cc1c(Br)cc(F)c(O)c1C(=O)CCN. The molecule has 0 aliphatic carbocycles. The van der Waals surface area contributed by atoms with Gasteiger partial charge in [-0.1, -0.05) is 15.9 Å². The van der Waals surface area contributed by atoms with Crippen LogP contribution in [-0.4, -0.2) is 17.4 Å². The summed E-state index contributed by atoms with van der Waals surface area (Å²) in [6.45, 7) is 1.80. The topological polar surface area (TPSA) is 63.3 Å². The van der Waals surface area contributed by atoms with Gasteiger partial charge in [0.25, 0.3) is 0 Å². The second-order valence-electron chi connectivity index (χ2n) is 3.15. The molecular weight excluding hydrogens is 265 g/mol. The van der Waals surface area contributed by atoms with Gasteiger partial charge < -0.3 is 10.8 Å². The Morgan fingerprint density at radius 2 is 2.27 bits per heavy atom. The minimum atomic E-state index is -0.812. The van der Waals surface area contributed by atoms with Crippen molar-refractivity contribution in [1.29, 1.82) is 0 Å². The molecule has 0 unspecified atom stereocenters. The maximum absolute atomic E-state index is 13.2. The number of nitrogens with two attached hydrogens (primary N) is 1. The van der Waals surface area contributed by atoms with Crippen LogP contribution in [0.3, 0.4) is 0 Å². The predicted molar refractivity (Wildman–Crippen MR) is 58.5 cm³/mol. The van der Waals surface area contributed by atoms with Gasteiger partial charge in [-0.05, 0) is 25.1 Å². The molecule has 0 spiro atoms. The van der Waals surface area contributed by atoms with Gasteiger partial charge in [0.15, 0.2) is 17.3 Å². The van der Waals surface area contributed by atoms with Crippen molar-refractivity contribution in [2.24, 2.45) is 5.73 Å². The number of aromatic hydroxyl groups is 1. The molecule has 0 heterocycles. The van der Waals surface area contributed by atoms with Crippen molar-refractivity contribution in [2.45, 2.75) is 13.3 Å². The van der Waals surface area contributed by atoms with E-state index in [0.29, 0.717) is 10.0 Å². The van der Waals surface area contributed by atoms with Crippen molar-refractivity contribution in [2.75, 3.05) is 6.54 Å². The smallest absolute Gasteiger partial charge is 0.168 e. The lowest BCUT2D eigenvalue weighted by molar-refractivity contribution is 0.0981. The molecule has 0 saturated carbocycles. The summed E-state index contributed by atoms with van der Waals surface area (Å²) in [6, 6.07) is 1.13. The average molecular weight is 276 g/mol. The first-order chi connectivity index (χ1) is 6.99. The van der Waals surface area contributed by atoms with Gasteiger partial charge in [-0.3, -0.25) is 4.79 Å². The van der Waals surface area contributed by atoms with E-state index in [9.17, 15) is 14.3 Å². The third kappa shape index (κ3) is 2.35. The number of ketones is 1. The highest BCUT2D eigenvalue weighted by molar-refractivity contribution is 9.10. The van der Waals surface area contributed by atoms with E-state index in [0.717, 1.165) is 6.07 Å². The Hall–Kier alpha value is -0.940. The summed E-state index contributed by atoms with van der Waals surface area (Å²) in [5.74, 6) is -1.77. The van der Waals surface area contributed by atoms with Crippen LogP contribution >= 0.6 is 15.9 Å². The fourth-order valence-corrected chi connectivity index (χ4v) is 1.70. The summed E-state index contributed by atoms with van der Waals surface area (Å²) >= 11 is 3.12. The Morgan fingerprint density at radius 1 is 1.67 bits per heavy atom. The first-order valence-corrected chi connectivity index (χ1v) is 5.19. The average Bonchev–Trinajstić information content (AvgIpc) is 2.16. The summed E-state index contributed by atoms with van der Waals surface area (Å²) in [5, 5.41) is 9.44. The molecule has 1 aromatic carbocycles. The number of carbonyl (C=O) groups excluding carboxylic acids is 1. The third-order valence-electron chi connectivity index (χ3n) is 2.10. The molecule has 5 heteroatoms. The van der Waals surface area contributed by atoms with Crippen molar-refractivity contribution >= 4 is 21.7 Å². The molecule has 0 fully saturated rings. The van der Waals surface area contributed by atoms with Gasteiger partial charge in [-0.25, -0.2) is 4.39 Å². The lowest BCUT2D eigenvalue weighted by Crippen LogP contribution is -2.10. The number of hydrogen-bond donors (Lipinski definition) is 2. The van der Waals surface area contributed by atoms with Crippen LogP contribution in [-0.2, 0) is 0 Å². The van der Waals surface area contributed by atoms with Crippen LogP contribution in [0.25, 0.3) is 0 Å². The van der Waals surface area contributed by atoms with Gasteiger partial charge in [0, 0.05) is 10.9 Å². The Balaban J connectivity index is 3.32. The summed E-state index contributed by atoms with van der Waals surface area (Å²) < 4.78 is 13.6. The van der Waals surface area contributed by atoms with Gasteiger partial charge in [0.1, 0.15) is 0 Å². The molecule has 3 nitrogen and oxygen atoms in total. The molecule has 1 rings (SSSR count). The highest BCUT2D eigenvalue weighted by atomic mass is 79.9. The second-order valence-corrected chi connectivity index (χ2v) is 4.01. The minimum Gasteiger partial charge on any atom is -0.504 e. The second kappa shape index (κ2) is 4.72. The maximum Gasteiger partial charge on any atom is 0.168 e. The first-order valence-electron chi connectivity index (χ1n) is 4.39. The van der Waals surface area contributed by atoms with Crippen molar-refractivity contribution in [3.8, 4) is 5.75 Å². The fourth-order valence-electron chi connectivity index (χ4n) is 1.30. The van der Waals surface area contributed by atoms with Crippen LogP contribution in [0.2, 0.25) is 0 Å². The quantitative estimate of drug-likeness (QED) is 0.831. The fraction of sp³-hybridized carbons (Fsp3) is 0.300. The predicted octanol–water partition coefficient (Wildman–Crippen LogP) is 2.13. The number of phenolic OH excluding ortho intramolecular Hbond substituents is 1. The zero-order valence-corrected chi connectivity index (χ0v) is 9.77. The van der Waals surface area contributed by atoms with Crippen molar-refractivity contribution in [3.63, 3.8) is 0 Å². The Labute approximate surface area is 95.2 Å². The van der Waals surface area contributed by atoms with Crippen LogP contribution in [0.5, 0.6) is 5.75 Å². The molecule has 82 valence electrons. The number of benzene rings is 1. The van der Waals surface area contributed by atoms with Gasteiger partial charge in [-0.15, -0.1) is 0 Å². The lowest BCUT2D eigenvalue weighted by atomic mass is 10.0. The number of Topliss-reactive ketones (excluding diaryl/α,β-unsaturated/α-hetero) is 1. The van der Waals surface area contributed by atoms with Crippen molar-refractivity contribution in [3.05, 3.63) is 27.5 Å². The standard InChI is InChI=1S/C10H11BrFNO2/c1-5-6(11)4-7(12)10(15)9(5)8(14)2-3-13/h4,15H,2-3,13H2,1H3. The van der Waals surface area contributed by atoms with Gasteiger partial charge >= 0.3 is 0 Å². The van der Waals surface area contributed by atoms with Crippen LogP contribution in [0.1, 0.15) is 22.3 Å². The molecule has 0 radical (unpaired) electrons. The number of hydrogen-bond acceptors (Lipinski definition) is 3. The zero-order valence-electron chi connectivity index (χ0n) is 8.18. The van der Waals surface area contributed by atoms with E-state index in [1.165, 1.54) is 0 Å². The third-order valence-corrected chi connectivity index (χ3v) is 2.92. The molecule has 15 heavy (non-hydrogen) atoms. The Morgan fingerprint density at radius 3 is 2.80 bits per heavy atom. The highest BCUT2D eigenvalue weighted by Gasteiger charge is 2.19. The molecule has 1 aromatic rings. The first kappa shape index (κ1) is 12.1. The van der Waals surface area contributed by atoms with Crippen LogP contribution in [0.15, 0.2) is 10.5 Å². The maximum atomic E-state index is 13.2. The van der Waals surface area contributed by atoms with Crippen LogP contribution < -0.4 is 5.73 Å². The largest absolute Gasteiger partial charge is 0.504 e. The molecule has 0 bridgehead atoms. The molecular formula is C10H11BrFNO2. The van der Waals surface area contributed by atoms with Crippen molar-refractivity contribution in [1.82, 2.24) is 0 Å². The highest BCUT2D eigenvalue weighted by Crippen LogP contribution is 2.31. The molecule has 0 aliphatic rings. The Bertz CT molecular complexity index is 381. The summed E-state index contributed by atoms with van der Waals surface area (Å²) in [7, 11) is 0. The van der Waals surface area contributed by atoms with Crippen molar-refractivity contribution < 1.29 is 14.3 Å². The monoisotopic (exact) mass is 275 g/mol. The summed E-state index contributed by atoms with van der Waals surface area (Å²) in [4.78, 5) is 11.6. The normalized spacial score (nSPS) is 10.4. The molecule has 3 N–H and O–H groups in total. The number of halogens is 2. The zero-order chi connectivity index (χ0) is 11.6. The van der Waals surface area contributed by atoms with Gasteiger partial charge in [-0.2, -0.15) is 0 Å². The van der Waals surface area contributed by atoms with Gasteiger partial charge in [0.05, 0.1) is 5.56 Å². The molecule has 0 saturated heterocycles. The van der Waals surface area contributed by atoms with Gasteiger partial charge in [0.2, 0.25) is 0 Å². The van der Waals surface area contributed by atoms with E-state index in [2.05, 4.69) is 15.9 Å². The molecule has 0 atom stereocenters. The van der Waals surface area contributed by atoms with E-state index in [4.69, 9.17) is 5.73 Å². The lowest BCUT2D eigenvalue weighted by Gasteiger charge is -2.09. The summed E-state index contributed by atoms with van der Waals surface area (Å²) in [5.41, 5.74) is 5.76. The summed E-state index contributed by atoms with van der Waals surface area (Å²) in [6.07, 6.45) is 0.0876. The molecule has 0 aliphatic heterocycles. The molecule has 0 amide bonds. The molecule has 0 aromatic heterocycles. The van der Waals surface area contributed by atoms with E-state index in [1.807, 2.05) is 0 Å². The number of phenols is 1. The van der Waals surface area contributed by atoms with Crippen LogP contribution in [0.4, 0.5) is 4.39 Å². The van der Waals surface area contributed by atoms with E-state index in [1.54, 1.807) is 6.92 Å². The van der Waals surface area contributed by atoms with E-state index < -0.39 is 11.6 Å². The number of carbonyl (C=O) groups is 1. The number of rotatable bonds is 3.